The van der Waals surface area contributed by atoms with Gasteiger partial charge in [-0.05, 0) is 49.1 Å². The van der Waals surface area contributed by atoms with Crippen molar-refractivity contribution in [3.05, 3.63) is 45.6 Å². The highest BCUT2D eigenvalue weighted by atomic mass is 32.2. The normalized spacial score (nSPS) is 14.4. The molecule has 106 valence electrons. The number of aryl methyl sites for hydroxylation is 2. The number of benzene rings is 1. The Morgan fingerprint density at radius 3 is 2.85 bits per heavy atom. The van der Waals surface area contributed by atoms with Crippen LogP contribution in [0.4, 0.5) is 5.69 Å². The molecule has 0 fully saturated rings. The molecule has 0 amide bonds. The van der Waals surface area contributed by atoms with Crippen LogP contribution in [0.1, 0.15) is 21.7 Å². The Morgan fingerprint density at radius 2 is 2.10 bits per heavy atom. The van der Waals surface area contributed by atoms with Crippen LogP contribution in [0, 0.1) is 0 Å². The number of nitrogens with one attached hydrogen (secondary N) is 1. The topological polar surface area (TPSA) is 72.2 Å². The third kappa shape index (κ3) is 2.72. The van der Waals surface area contributed by atoms with Crippen LogP contribution < -0.4 is 10.5 Å². The van der Waals surface area contributed by atoms with Gasteiger partial charge in [0.25, 0.3) is 0 Å². The van der Waals surface area contributed by atoms with Crippen LogP contribution in [0.15, 0.2) is 35.2 Å². The van der Waals surface area contributed by atoms with Crippen molar-refractivity contribution in [2.45, 2.75) is 30.7 Å². The van der Waals surface area contributed by atoms with E-state index in [0.29, 0.717) is 12.2 Å². The molecule has 3 rings (SSSR count). The van der Waals surface area contributed by atoms with Gasteiger partial charge in [0.2, 0.25) is 10.0 Å². The molecule has 6 heteroatoms. The summed E-state index contributed by atoms with van der Waals surface area (Å²) in [5.41, 5.74) is 7.45. The lowest BCUT2D eigenvalue weighted by molar-refractivity contribution is 0.582. The molecule has 1 aromatic carbocycles. The molecule has 0 radical (unpaired) electrons. The molecular weight excluding hydrogens is 292 g/mol. The predicted molar refractivity (Wildman–Crippen MR) is 81.2 cm³/mol. The molecule has 1 aliphatic carbocycles. The van der Waals surface area contributed by atoms with Crippen molar-refractivity contribution in [3.63, 3.8) is 0 Å². The number of rotatable bonds is 4. The van der Waals surface area contributed by atoms with Crippen molar-refractivity contribution in [1.82, 2.24) is 4.72 Å². The Hall–Kier alpha value is -1.37. The maximum absolute atomic E-state index is 12.2. The minimum absolute atomic E-state index is 0.210. The fourth-order valence-corrected chi connectivity index (χ4v) is 4.76. The zero-order valence-corrected chi connectivity index (χ0v) is 12.6. The van der Waals surface area contributed by atoms with E-state index in [4.69, 9.17) is 5.73 Å². The first-order chi connectivity index (χ1) is 9.54. The van der Waals surface area contributed by atoms with E-state index in [1.807, 2.05) is 0 Å². The largest absolute Gasteiger partial charge is 0.399 e. The molecule has 0 saturated heterocycles. The number of sulfonamides is 1. The number of anilines is 1. The molecule has 0 unspecified atom stereocenters. The Bertz CT molecular complexity index is 714. The van der Waals surface area contributed by atoms with E-state index in [1.54, 1.807) is 29.5 Å². The first-order valence-electron chi connectivity index (χ1n) is 6.50. The minimum atomic E-state index is -3.50. The summed E-state index contributed by atoms with van der Waals surface area (Å²) in [6.45, 7) is 0.342. The molecule has 20 heavy (non-hydrogen) atoms. The van der Waals surface area contributed by atoms with Crippen LogP contribution in [0.25, 0.3) is 0 Å². The zero-order valence-electron chi connectivity index (χ0n) is 10.9. The molecule has 1 aromatic heterocycles. The third-order valence-electron chi connectivity index (χ3n) is 3.40. The van der Waals surface area contributed by atoms with Crippen molar-refractivity contribution < 1.29 is 8.42 Å². The molecule has 0 aliphatic heterocycles. The third-order valence-corrected chi connectivity index (χ3v) is 6.04. The van der Waals surface area contributed by atoms with E-state index in [2.05, 4.69) is 10.8 Å². The first-order valence-corrected chi connectivity index (χ1v) is 8.80. The summed E-state index contributed by atoms with van der Waals surface area (Å²) in [5.74, 6) is 0. The van der Waals surface area contributed by atoms with Gasteiger partial charge in [0, 0.05) is 22.0 Å². The summed E-state index contributed by atoms with van der Waals surface area (Å²) in [5, 5.41) is 0. The minimum Gasteiger partial charge on any atom is -0.399 e. The van der Waals surface area contributed by atoms with Crippen LogP contribution in [0.5, 0.6) is 0 Å². The molecule has 0 atom stereocenters. The maximum Gasteiger partial charge on any atom is 0.240 e. The van der Waals surface area contributed by atoms with E-state index < -0.39 is 10.0 Å². The van der Waals surface area contributed by atoms with Gasteiger partial charge in [0.15, 0.2) is 0 Å². The second-order valence-electron chi connectivity index (χ2n) is 4.91. The molecule has 3 N–H and O–H groups in total. The Balaban J connectivity index is 1.73. The molecule has 2 aromatic rings. The van der Waals surface area contributed by atoms with Crippen LogP contribution in [-0.4, -0.2) is 8.42 Å². The standard InChI is InChI=1S/C14H16N2O2S2/c15-11-4-2-5-13(8-11)20(17,18)16-9-12-7-10-3-1-6-14(10)19-12/h2,4-5,7-8,16H,1,3,6,9,15H2. The smallest absolute Gasteiger partial charge is 0.240 e. The van der Waals surface area contributed by atoms with Crippen molar-refractivity contribution >= 4 is 27.0 Å². The van der Waals surface area contributed by atoms with E-state index in [-0.39, 0.29) is 4.90 Å². The van der Waals surface area contributed by atoms with Gasteiger partial charge >= 0.3 is 0 Å². The van der Waals surface area contributed by atoms with Crippen LogP contribution in [0.3, 0.4) is 0 Å². The second-order valence-corrected chi connectivity index (χ2v) is 7.90. The SMILES string of the molecule is Nc1cccc(S(=O)(=O)NCc2cc3c(s2)CCC3)c1. The van der Waals surface area contributed by atoms with Crippen molar-refractivity contribution in [2.24, 2.45) is 0 Å². The lowest BCUT2D eigenvalue weighted by Gasteiger charge is -2.06. The van der Waals surface area contributed by atoms with Gasteiger partial charge < -0.3 is 5.73 Å². The number of hydrogen-bond acceptors (Lipinski definition) is 4. The molecule has 4 nitrogen and oxygen atoms in total. The van der Waals surface area contributed by atoms with E-state index in [9.17, 15) is 8.42 Å². The number of fused-ring (bicyclic) bond motifs is 1. The molecule has 0 spiro atoms. The first kappa shape index (κ1) is 13.6. The number of nitrogen functional groups attached to an aromatic ring is 1. The highest BCUT2D eigenvalue weighted by Crippen LogP contribution is 2.30. The van der Waals surface area contributed by atoms with Crippen LogP contribution in [0.2, 0.25) is 0 Å². The van der Waals surface area contributed by atoms with Crippen LogP contribution in [-0.2, 0) is 29.4 Å². The summed E-state index contributed by atoms with van der Waals surface area (Å²) in [4.78, 5) is 2.69. The quantitative estimate of drug-likeness (QED) is 0.851. The summed E-state index contributed by atoms with van der Waals surface area (Å²) < 4.78 is 27.0. The van der Waals surface area contributed by atoms with Gasteiger partial charge in [0.05, 0.1) is 4.90 Å². The molecule has 0 bridgehead atoms. The van der Waals surface area contributed by atoms with Gasteiger partial charge in [0.1, 0.15) is 0 Å². The molecule has 1 heterocycles. The fourth-order valence-electron chi connectivity index (χ4n) is 2.41. The molecular formula is C14H16N2O2S2. The average molecular weight is 308 g/mol. The number of hydrogen-bond donors (Lipinski definition) is 2. The number of nitrogens with two attached hydrogens (primary N) is 1. The summed E-state index contributed by atoms with van der Waals surface area (Å²) in [6.07, 6.45) is 3.46. The highest BCUT2D eigenvalue weighted by Gasteiger charge is 2.17. The van der Waals surface area contributed by atoms with E-state index >= 15 is 0 Å². The van der Waals surface area contributed by atoms with Gasteiger partial charge in [-0.25, -0.2) is 13.1 Å². The highest BCUT2D eigenvalue weighted by molar-refractivity contribution is 7.89. The van der Waals surface area contributed by atoms with Crippen molar-refractivity contribution in [3.8, 4) is 0 Å². The zero-order chi connectivity index (χ0) is 14.2. The maximum atomic E-state index is 12.2. The Morgan fingerprint density at radius 1 is 1.25 bits per heavy atom. The lowest BCUT2D eigenvalue weighted by atomic mass is 10.2. The summed E-state index contributed by atoms with van der Waals surface area (Å²) >= 11 is 1.71. The van der Waals surface area contributed by atoms with Gasteiger partial charge in [-0.15, -0.1) is 11.3 Å². The van der Waals surface area contributed by atoms with Crippen molar-refractivity contribution in [1.29, 1.82) is 0 Å². The van der Waals surface area contributed by atoms with Crippen LogP contribution >= 0.6 is 11.3 Å². The monoisotopic (exact) mass is 308 g/mol. The van der Waals surface area contributed by atoms with E-state index in [1.165, 1.54) is 22.9 Å². The van der Waals surface area contributed by atoms with Crippen molar-refractivity contribution in [2.75, 3.05) is 5.73 Å². The average Bonchev–Trinajstić information content (AvgIpc) is 2.97. The fraction of sp³-hybridized carbons (Fsp3) is 0.286. The summed E-state index contributed by atoms with van der Waals surface area (Å²) in [6, 6.07) is 8.45. The molecule has 0 saturated carbocycles. The summed E-state index contributed by atoms with van der Waals surface area (Å²) in [7, 11) is -3.50. The lowest BCUT2D eigenvalue weighted by Crippen LogP contribution is -2.22. The van der Waals surface area contributed by atoms with Gasteiger partial charge in [-0.2, -0.15) is 0 Å². The van der Waals surface area contributed by atoms with E-state index in [0.717, 1.165) is 17.7 Å². The predicted octanol–water partition coefficient (Wildman–Crippen LogP) is 2.30. The van der Waals surface area contributed by atoms with Gasteiger partial charge in [-0.3, -0.25) is 0 Å². The van der Waals surface area contributed by atoms with Gasteiger partial charge in [-0.1, -0.05) is 6.07 Å². The molecule has 1 aliphatic rings. The Kier molecular flexibility index (Phi) is 3.54. The second kappa shape index (κ2) is 5.20. The number of thiophene rings is 1. The Labute approximate surface area is 122 Å².